The summed E-state index contributed by atoms with van der Waals surface area (Å²) in [5.41, 5.74) is 1.76. The van der Waals surface area contributed by atoms with E-state index in [1.54, 1.807) is 12.1 Å². The predicted molar refractivity (Wildman–Crippen MR) is 102 cm³/mol. The van der Waals surface area contributed by atoms with Gasteiger partial charge in [-0.05, 0) is 49.1 Å². The van der Waals surface area contributed by atoms with Crippen LogP contribution in [0, 0.1) is 11.7 Å². The maximum Gasteiger partial charge on any atom is 0.222 e. The molecule has 1 saturated heterocycles. The highest BCUT2D eigenvalue weighted by atomic mass is 19.1. The van der Waals surface area contributed by atoms with Gasteiger partial charge in [-0.1, -0.05) is 12.8 Å². The van der Waals surface area contributed by atoms with E-state index in [4.69, 9.17) is 0 Å². The summed E-state index contributed by atoms with van der Waals surface area (Å²) in [6.45, 7) is 4.07. The third-order valence-corrected chi connectivity index (χ3v) is 5.79. The van der Waals surface area contributed by atoms with Crippen molar-refractivity contribution in [2.75, 3.05) is 26.2 Å². The monoisotopic (exact) mass is 370 g/mol. The summed E-state index contributed by atoms with van der Waals surface area (Å²) in [6, 6.07) is 8.36. The second-order valence-electron chi connectivity index (χ2n) is 7.74. The molecule has 144 valence electrons. The maximum absolute atomic E-state index is 13.1. The largest absolute Gasteiger partial charge is 0.340 e. The van der Waals surface area contributed by atoms with Crippen molar-refractivity contribution in [3.05, 3.63) is 42.3 Å². The molecule has 27 heavy (non-hydrogen) atoms. The molecule has 1 amide bonds. The molecule has 1 aromatic heterocycles. The first kappa shape index (κ1) is 18.2. The first-order chi connectivity index (χ1) is 13.2. The predicted octanol–water partition coefficient (Wildman–Crippen LogP) is 3.37. The van der Waals surface area contributed by atoms with Crippen molar-refractivity contribution < 1.29 is 9.18 Å². The molecule has 1 aliphatic heterocycles. The molecule has 2 fully saturated rings. The first-order valence-corrected chi connectivity index (χ1v) is 9.97. The van der Waals surface area contributed by atoms with E-state index >= 15 is 0 Å². The van der Waals surface area contributed by atoms with Gasteiger partial charge in [-0.25, -0.2) is 4.39 Å². The molecule has 1 aromatic carbocycles. The molecule has 6 heteroatoms. The van der Waals surface area contributed by atoms with Gasteiger partial charge in [0.2, 0.25) is 5.91 Å². The fourth-order valence-corrected chi connectivity index (χ4v) is 4.15. The van der Waals surface area contributed by atoms with Crippen LogP contribution in [0.3, 0.4) is 0 Å². The number of carbonyl (C=O) groups excluding carboxylic acids is 1. The fourth-order valence-electron chi connectivity index (χ4n) is 4.15. The molecule has 2 heterocycles. The number of aromatic nitrogens is 2. The number of hydrogen-bond donors (Lipinski definition) is 0. The Bertz CT molecular complexity index is 759. The molecule has 5 nitrogen and oxygen atoms in total. The van der Waals surface area contributed by atoms with Gasteiger partial charge in [0.1, 0.15) is 5.82 Å². The highest BCUT2D eigenvalue weighted by molar-refractivity contribution is 5.76. The number of nitrogens with zero attached hydrogens (tertiary/aromatic N) is 4. The zero-order chi connectivity index (χ0) is 18.6. The van der Waals surface area contributed by atoms with Crippen molar-refractivity contribution in [1.29, 1.82) is 0 Å². The lowest BCUT2D eigenvalue weighted by Crippen LogP contribution is -2.49. The van der Waals surface area contributed by atoms with Gasteiger partial charge in [-0.3, -0.25) is 14.4 Å². The van der Waals surface area contributed by atoms with Gasteiger partial charge < -0.3 is 4.90 Å². The van der Waals surface area contributed by atoms with E-state index in [0.717, 1.165) is 43.9 Å². The second-order valence-corrected chi connectivity index (χ2v) is 7.74. The van der Waals surface area contributed by atoms with Gasteiger partial charge >= 0.3 is 0 Å². The van der Waals surface area contributed by atoms with Crippen LogP contribution in [0.4, 0.5) is 4.39 Å². The highest BCUT2D eigenvalue weighted by Crippen LogP contribution is 2.28. The maximum atomic E-state index is 13.1. The number of carbonyl (C=O) groups is 1. The Hall–Kier alpha value is -2.21. The summed E-state index contributed by atoms with van der Waals surface area (Å²) in [5, 5.41) is 4.60. The van der Waals surface area contributed by atoms with Crippen LogP contribution in [0.5, 0.6) is 0 Å². The Morgan fingerprint density at radius 3 is 2.44 bits per heavy atom. The average molecular weight is 370 g/mol. The molecule has 2 aromatic rings. The van der Waals surface area contributed by atoms with Crippen LogP contribution < -0.4 is 0 Å². The van der Waals surface area contributed by atoms with Crippen molar-refractivity contribution in [2.24, 2.45) is 5.92 Å². The summed E-state index contributed by atoms with van der Waals surface area (Å²) < 4.78 is 15.0. The van der Waals surface area contributed by atoms with Crippen molar-refractivity contribution in [3.63, 3.8) is 0 Å². The third kappa shape index (κ3) is 4.56. The Balaban J connectivity index is 1.27. The minimum Gasteiger partial charge on any atom is -0.340 e. The molecule has 0 unspecified atom stereocenters. The SMILES string of the molecule is O=C(CC1CCCC1)N1CCN(Cn2ccc(-c3ccc(F)cc3)n2)CC1. The molecule has 0 N–H and O–H groups in total. The Morgan fingerprint density at radius 2 is 1.74 bits per heavy atom. The average Bonchev–Trinajstić information content (AvgIpc) is 3.35. The van der Waals surface area contributed by atoms with Gasteiger partial charge in [-0.2, -0.15) is 5.10 Å². The van der Waals surface area contributed by atoms with Crippen LogP contribution in [0.1, 0.15) is 32.1 Å². The van der Waals surface area contributed by atoms with E-state index < -0.39 is 0 Å². The zero-order valence-corrected chi connectivity index (χ0v) is 15.7. The molecular formula is C21H27FN4O. The molecule has 1 saturated carbocycles. The number of halogens is 1. The lowest BCUT2D eigenvalue weighted by molar-refractivity contribution is -0.134. The summed E-state index contributed by atoms with van der Waals surface area (Å²) in [7, 11) is 0. The van der Waals surface area contributed by atoms with Gasteiger partial charge in [-0.15, -0.1) is 0 Å². The molecular weight excluding hydrogens is 343 g/mol. The smallest absolute Gasteiger partial charge is 0.222 e. The minimum absolute atomic E-state index is 0.237. The van der Waals surface area contributed by atoms with Crippen LogP contribution in [0.15, 0.2) is 36.5 Å². The number of hydrogen-bond acceptors (Lipinski definition) is 3. The molecule has 1 aliphatic carbocycles. The molecule has 0 spiro atoms. The van der Waals surface area contributed by atoms with Crippen LogP contribution in [-0.4, -0.2) is 51.7 Å². The van der Waals surface area contributed by atoms with Gasteiger partial charge in [0, 0.05) is 44.4 Å². The van der Waals surface area contributed by atoms with Gasteiger partial charge in [0.15, 0.2) is 0 Å². The van der Waals surface area contributed by atoms with Crippen LogP contribution in [-0.2, 0) is 11.5 Å². The first-order valence-electron chi connectivity index (χ1n) is 9.97. The number of benzene rings is 1. The quantitative estimate of drug-likeness (QED) is 0.810. The van der Waals surface area contributed by atoms with Crippen molar-refractivity contribution in [3.8, 4) is 11.3 Å². The van der Waals surface area contributed by atoms with Crippen LogP contribution in [0.2, 0.25) is 0 Å². The van der Waals surface area contributed by atoms with Crippen molar-refractivity contribution in [1.82, 2.24) is 19.6 Å². The highest BCUT2D eigenvalue weighted by Gasteiger charge is 2.25. The van der Waals surface area contributed by atoms with E-state index in [9.17, 15) is 9.18 Å². The van der Waals surface area contributed by atoms with E-state index in [-0.39, 0.29) is 5.82 Å². The molecule has 0 bridgehead atoms. The van der Waals surface area contributed by atoms with E-state index in [1.807, 2.05) is 21.8 Å². The van der Waals surface area contributed by atoms with E-state index in [2.05, 4.69) is 10.00 Å². The number of piperazine rings is 1. The van der Waals surface area contributed by atoms with E-state index in [1.165, 1.54) is 37.8 Å². The third-order valence-electron chi connectivity index (χ3n) is 5.79. The minimum atomic E-state index is -0.237. The van der Waals surface area contributed by atoms with E-state index in [0.29, 0.717) is 18.5 Å². The summed E-state index contributed by atoms with van der Waals surface area (Å²) in [5.74, 6) is 0.710. The van der Waals surface area contributed by atoms with Gasteiger partial charge in [0.25, 0.3) is 0 Å². The fraction of sp³-hybridized carbons (Fsp3) is 0.524. The standard InChI is InChI=1S/C21H27FN4O/c22-19-7-5-18(6-8-19)20-9-10-26(23-20)16-24-11-13-25(14-12-24)21(27)15-17-3-1-2-4-17/h5-10,17H,1-4,11-16H2. The van der Waals surface area contributed by atoms with Crippen LogP contribution >= 0.6 is 0 Å². The Morgan fingerprint density at radius 1 is 1.04 bits per heavy atom. The lowest BCUT2D eigenvalue weighted by Gasteiger charge is -2.35. The summed E-state index contributed by atoms with van der Waals surface area (Å²) >= 11 is 0. The second kappa shape index (κ2) is 8.21. The number of amides is 1. The molecule has 4 rings (SSSR count). The topological polar surface area (TPSA) is 41.4 Å². The summed E-state index contributed by atoms with van der Waals surface area (Å²) in [6.07, 6.45) is 7.71. The molecule has 0 atom stereocenters. The number of rotatable bonds is 5. The van der Waals surface area contributed by atoms with Crippen LogP contribution in [0.25, 0.3) is 11.3 Å². The van der Waals surface area contributed by atoms with Crippen molar-refractivity contribution >= 4 is 5.91 Å². The molecule has 2 aliphatic rings. The normalized spacial score (nSPS) is 18.9. The Labute approximate surface area is 159 Å². The Kier molecular flexibility index (Phi) is 5.53. The van der Waals surface area contributed by atoms with Crippen molar-refractivity contribution in [2.45, 2.75) is 38.8 Å². The molecule has 0 radical (unpaired) electrons. The zero-order valence-electron chi connectivity index (χ0n) is 15.7. The summed E-state index contributed by atoms with van der Waals surface area (Å²) in [4.78, 5) is 16.8. The van der Waals surface area contributed by atoms with Gasteiger partial charge in [0.05, 0.1) is 12.4 Å². The lowest BCUT2D eigenvalue weighted by atomic mass is 10.0.